The number of methoxy groups -OCH3 is 1. The quantitative estimate of drug-likeness (QED) is 0.377. The van der Waals surface area contributed by atoms with Gasteiger partial charge in [0.15, 0.2) is 0 Å². The van der Waals surface area contributed by atoms with E-state index in [-0.39, 0.29) is 30.5 Å². The van der Waals surface area contributed by atoms with Crippen LogP contribution in [0.25, 0.3) is 0 Å². The van der Waals surface area contributed by atoms with E-state index < -0.39 is 10.3 Å². The molecule has 0 radical (unpaired) electrons. The van der Waals surface area contributed by atoms with E-state index in [4.69, 9.17) is 18.8 Å². The normalized spacial score (nSPS) is 21.2. The number of benzene rings is 1. The average Bonchev–Trinajstić information content (AvgIpc) is 3.52. The first-order valence-corrected chi connectivity index (χ1v) is 14.7. The second-order valence-electron chi connectivity index (χ2n) is 9.60. The number of hydrogen-bond acceptors (Lipinski definition) is 10. The van der Waals surface area contributed by atoms with E-state index in [1.54, 1.807) is 7.11 Å². The molecule has 3 heterocycles. The minimum Gasteiger partial charge on any atom is -0.497 e. The van der Waals surface area contributed by atoms with Crippen LogP contribution < -0.4 is 15.2 Å². The van der Waals surface area contributed by atoms with Crippen molar-refractivity contribution in [3.05, 3.63) is 68.8 Å². The molecule has 2 unspecified atom stereocenters. The monoisotopic (exact) mass is 558 g/mol. The van der Waals surface area contributed by atoms with Crippen molar-refractivity contribution in [1.82, 2.24) is 9.97 Å². The fraction of sp³-hybridized carbons (Fsp3) is 0.423. The zero-order valence-electron chi connectivity index (χ0n) is 21.2. The topological polar surface area (TPSA) is 143 Å². The minimum absolute atomic E-state index is 0.0216. The van der Waals surface area contributed by atoms with Crippen LogP contribution in [-0.2, 0) is 25.6 Å². The highest BCUT2D eigenvalue weighted by Gasteiger charge is 2.30. The molecule has 1 aromatic carbocycles. The molecule has 0 amide bonds. The number of nitrogens with two attached hydrogens (primary N) is 1. The van der Waals surface area contributed by atoms with Gasteiger partial charge < -0.3 is 14.8 Å². The van der Waals surface area contributed by atoms with Crippen molar-refractivity contribution >= 4 is 33.2 Å². The Balaban J connectivity index is 1.34. The highest BCUT2D eigenvalue weighted by atomic mass is 32.2. The van der Waals surface area contributed by atoms with Crippen molar-refractivity contribution in [2.24, 2.45) is 11.1 Å². The molecular formula is C26H30N4O6S2. The summed E-state index contributed by atoms with van der Waals surface area (Å²) in [6.07, 6.45) is 5.74. The van der Waals surface area contributed by atoms with E-state index >= 15 is 0 Å². The number of carbonyl (C=O) groups excluding carboxylic acids is 1. The molecule has 202 valence electrons. The molecule has 2 aromatic heterocycles. The van der Waals surface area contributed by atoms with Gasteiger partial charge in [0.2, 0.25) is 5.78 Å². The first-order chi connectivity index (χ1) is 18.2. The highest BCUT2D eigenvalue weighted by Crippen LogP contribution is 2.40. The summed E-state index contributed by atoms with van der Waals surface area (Å²) >= 11 is 1.43. The van der Waals surface area contributed by atoms with Gasteiger partial charge in [-0.1, -0.05) is 6.07 Å². The summed E-state index contributed by atoms with van der Waals surface area (Å²) in [7, 11) is -2.32. The molecule has 2 aliphatic rings. The van der Waals surface area contributed by atoms with Gasteiger partial charge in [-0.25, -0.2) is 15.1 Å². The van der Waals surface area contributed by atoms with E-state index in [0.717, 1.165) is 41.0 Å². The number of rotatable bonds is 9. The lowest BCUT2D eigenvalue weighted by Gasteiger charge is -2.26. The number of aryl methyl sites for hydroxylation is 1. The van der Waals surface area contributed by atoms with Crippen LogP contribution in [0.3, 0.4) is 0 Å². The molecule has 10 nitrogen and oxygen atoms in total. The zero-order valence-corrected chi connectivity index (χ0v) is 22.8. The van der Waals surface area contributed by atoms with Gasteiger partial charge in [-0.15, -0.1) is 11.3 Å². The highest BCUT2D eigenvalue weighted by molar-refractivity contribution is 7.84. The second-order valence-corrected chi connectivity index (χ2v) is 12.1. The summed E-state index contributed by atoms with van der Waals surface area (Å²) in [6.45, 7) is 2.65. The van der Waals surface area contributed by atoms with Crippen LogP contribution in [0.2, 0.25) is 0 Å². The molecule has 1 aliphatic carbocycles. The van der Waals surface area contributed by atoms with Crippen molar-refractivity contribution in [1.29, 1.82) is 0 Å². The zero-order chi connectivity index (χ0) is 26.9. The number of aromatic nitrogens is 2. The van der Waals surface area contributed by atoms with Gasteiger partial charge in [-0.2, -0.15) is 8.42 Å². The minimum atomic E-state index is -3.97. The number of ether oxygens (including phenoxy) is 2. The first kappa shape index (κ1) is 26.7. The second kappa shape index (κ2) is 11.1. The lowest BCUT2D eigenvalue weighted by molar-refractivity contribution is 0.0695. The van der Waals surface area contributed by atoms with Gasteiger partial charge in [0, 0.05) is 17.1 Å². The largest absolute Gasteiger partial charge is 0.497 e. The molecular weight excluding hydrogens is 528 g/mol. The molecule has 5 rings (SSSR count). The van der Waals surface area contributed by atoms with E-state index in [0.29, 0.717) is 29.3 Å². The maximum atomic E-state index is 13.6. The number of thiophene rings is 1. The van der Waals surface area contributed by atoms with Gasteiger partial charge in [-0.3, -0.25) is 8.98 Å². The van der Waals surface area contributed by atoms with Crippen molar-refractivity contribution in [3.63, 3.8) is 0 Å². The van der Waals surface area contributed by atoms with E-state index in [1.807, 2.05) is 25.1 Å². The number of nitrogens with zero attached hydrogens (tertiary/aromatic N) is 2. The van der Waals surface area contributed by atoms with Crippen molar-refractivity contribution in [2.45, 2.75) is 44.8 Å². The molecule has 3 atom stereocenters. The SMILES string of the molecule is COc1ccc2c(c1)C(c1cc(C(=O)c3cncnc3NC3CC[C@@H](COS(N)(=O)=O)C3)sc1C)OCC2. The Morgan fingerprint density at radius 1 is 1.26 bits per heavy atom. The van der Waals surface area contributed by atoms with Gasteiger partial charge >= 0.3 is 10.3 Å². The summed E-state index contributed by atoms with van der Waals surface area (Å²) < 4.78 is 38.6. The Labute approximate surface area is 225 Å². The van der Waals surface area contributed by atoms with Crippen LogP contribution in [0.15, 0.2) is 36.8 Å². The lowest BCUT2D eigenvalue weighted by atomic mass is 9.92. The number of fused-ring (bicyclic) bond motifs is 1. The fourth-order valence-electron chi connectivity index (χ4n) is 5.16. The van der Waals surface area contributed by atoms with E-state index in [1.165, 1.54) is 29.4 Å². The van der Waals surface area contributed by atoms with Crippen molar-refractivity contribution in [2.75, 3.05) is 25.6 Å². The average molecular weight is 559 g/mol. The van der Waals surface area contributed by atoms with E-state index in [9.17, 15) is 13.2 Å². The standard InChI is InChI=1S/C26H30N4O6S2/c1-15-20(25-21-10-19(34-2)6-4-17(21)7-8-35-25)11-23(37-15)24(31)22-12-28-14-29-26(22)30-18-5-3-16(9-18)13-36-38(27,32)33/h4,6,10-12,14,16,18,25H,3,5,7-9,13H2,1-2H3,(H2,27,32,33)(H,28,29,30)/t16-,18?,25?/m1/s1. The van der Waals surface area contributed by atoms with E-state index in [2.05, 4.69) is 21.4 Å². The molecule has 1 saturated carbocycles. The summed E-state index contributed by atoms with van der Waals surface area (Å²) in [5.74, 6) is 1.11. The third kappa shape index (κ3) is 5.89. The third-order valence-corrected chi connectivity index (χ3v) is 8.59. The predicted molar refractivity (Wildman–Crippen MR) is 143 cm³/mol. The third-order valence-electron chi connectivity index (χ3n) is 7.06. The number of nitrogens with one attached hydrogen (secondary N) is 1. The number of anilines is 1. The summed E-state index contributed by atoms with van der Waals surface area (Å²) in [4.78, 5) is 23.7. The van der Waals surface area contributed by atoms with Crippen molar-refractivity contribution < 1.29 is 26.9 Å². The summed E-state index contributed by atoms with van der Waals surface area (Å²) in [5, 5.41) is 8.30. The predicted octanol–water partition coefficient (Wildman–Crippen LogP) is 3.55. The lowest BCUT2D eigenvalue weighted by Crippen LogP contribution is -2.22. The molecule has 38 heavy (non-hydrogen) atoms. The van der Waals surface area contributed by atoms with Crippen LogP contribution in [-0.4, -0.2) is 50.5 Å². The molecule has 1 aliphatic heterocycles. The van der Waals surface area contributed by atoms with Gasteiger partial charge in [0.05, 0.1) is 30.8 Å². The summed E-state index contributed by atoms with van der Waals surface area (Å²) in [5.41, 5.74) is 3.62. The van der Waals surface area contributed by atoms with Crippen LogP contribution in [0.4, 0.5) is 5.82 Å². The number of ketones is 1. The Bertz CT molecular complexity index is 1440. The van der Waals surface area contributed by atoms with Crippen molar-refractivity contribution in [3.8, 4) is 5.75 Å². The van der Waals surface area contributed by atoms with Crippen LogP contribution in [0, 0.1) is 12.8 Å². The smallest absolute Gasteiger partial charge is 0.333 e. The molecule has 1 fully saturated rings. The van der Waals surface area contributed by atoms with Crippen LogP contribution in [0.5, 0.6) is 5.75 Å². The molecule has 0 saturated heterocycles. The van der Waals surface area contributed by atoms with Gasteiger partial charge in [0.25, 0.3) is 0 Å². The Hall–Kier alpha value is -2.90. The Morgan fingerprint density at radius 2 is 2.11 bits per heavy atom. The van der Waals surface area contributed by atoms with Gasteiger partial charge in [0.1, 0.15) is 24.0 Å². The molecule has 0 spiro atoms. The maximum absolute atomic E-state index is 13.6. The molecule has 0 bridgehead atoms. The Kier molecular flexibility index (Phi) is 7.78. The Morgan fingerprint density at radius 3 is 2.89 bits per heavy atom. The summed E-state index contributed by atoms with van der Waals surface area (Å²) in [6, 6.07) is 7.97. The number of hydrogen-bond donors (Lipinski definition) is 2. The molecule has 12 heteroatoms. The fourth-order valence-corrected chi connectivity index (χ4v) is 6.54. The van der Waals surface area contributed by atoms with Crippen LogP contribution >= 0.6 is 11.3 Å². The van der Waals surface area contributed by atoms with Crippen LogP contribution in [0.1, 0.15) is 62.2 Å². The number of carbonyl (C=O) groups is 1. The molecule has 3 aromatic rings. The first-order valence-electron chi connectivity index (χ1n) is 12.4. The van der Waals surface area contributed by atoms with Gasteiger partial charge in [-0.05, 0) is 73.4 Å². The molecule has 3 N–H and O–H groups in total. The maximum Gasteiger partial charge on any atom is 0.333 e.